The molecular weight excluding hydrogens is 210 g/mol. The lowest BCUT2D eigenvalue weighted by atomic mass is 10.1. The zero-order valence-electron chi connectivity index (χ0n) is 8.77. The molecule has 0 heterocycles. The number of carboxylic acid groups (broad SMARTS) is 1. The monoisotopic (exact) mass is 221 g/mol. The van der Waals surface area contributed by atoms with Gasteiger partial charge in [0.25, 0.3) is 5.69 Å². The van der Waals surface area contributed by atoms with Crippen molar-refractivity contribution in [2.45, 2.75) is 6.92 Å². The predicted octanol–water partition coefficient (Wildman–Crippen LogP) is 2.56. The number of rotatable bonds is 2. The predicted molar refractivity (Wildman–Crippen MR) is 59.6 cm³/mol. The molecule has 0 radical (unpaired) electrons. The van der Waals surface area contributed by atoms with E-state index in [9.17, 15) is 14.9 Å². The van der Waals surface area contributed by atoms with Crippen LogP contribution in [0, 0.1) is 17.0 Å². The summed E-state index contributed by atoms with van der Waals surface area (Å²) in [6.45, 7) is 7.93. The number of benzene rings is 1. The number of nitro benzene ring substituents is 1. The number of nitro groups is 1. The van der Waals surface area contributed by atoms with Gasteiger partial charge >= 0.3 is 5.97 Å². The van der Waals surface area contributed by atoms with Gasteiger partial charge in [-0.3, -0.25) is 10.1 Å². The fourth-order valence-corrected chi connectivity index (χ4v) is 0.980. The van der Waals surface area contributed by atoms with Crippen molar-refractivity contribution in [3.05, 3.63) is 58.3 Å². The maximum Gasteiger partial charge on any atom is 0.342 e. The molecule has 0 bridgehead atoms. The summed E-state index contributed by atoms with van der Waals surface area (Å²) < 4.78 is 0. The number of hydrogen-bond acceptors (Lipinski definition) is 3. The van der Waals surface area contributed by atoms with E-state index in [1.165, 1.54) is 18.2 Å². The van der Waals surface area contributed by atoms with Crippen LogP contribution < -0.4 is 0 Å². The molecule has 0 aliphatic carbocycles. The van der Waals surface area contributed by atoms with Gasteiger partial charge in [-0.15, -0.1) is 5.73 Å². The standard InChI is InChI=1S/C8H7NO4.C3H4/c1-5-2-3-7(9(12)13)6(4-5)8(10)11;1-3-2/h2-4H,1H3,(H,10,11);1-2H2. The van der Waals surface area contributed by atoms with Crippen LogP contribution in [0.2, 0.25) is 0 Å². The SMILES string of the molecule is C=C=C.Cc1ccc([N+](=O)[O-])c(C(=O)O)c1. The first kappa shape index (κ1) is 13.6. The molecule has 5 heteroatoms. The van der Waals surface area contributed by atoms with E-state index < -0.39 is 10.9 Å². The lowest BCUT2D eigenvalue weighted by molar-refractivity contribution is -0.385. The second-order valence-corrected chi connectivity index (χ2v) is 2.83. The van der Waals surface area contributed by atoms with Crippen LogP contribution in [0.1, 0.15) is 15.9 Å². The van der Waals surface area contributed by atoms with Gasteiger partial charge in [-0.1, -0.05) is 19.2 Å². The summed E-state index contributed by atoms with van der Waals surface area (Å²) in [6, 6.07) is 3.98. The van der Waals surface area contributed by atoms with Crippen molar-refractivity contribution in [1.82, 2.24) is 0 Å². The van der Waals surface area contributed by atoms with Gasteiger partial charge in [-0.2, -0.15) is 0 Å². The fraction of sp³-hybridized carbons (Fsp3) is 0.0909. The topological polar surface area (TPSA) is 80.4 Å². The van der Waals surface area contributed by atoms with E-state index in [2.05, 4.69) is 18.9 Å². The van der Waals surface area contributed by atoms with Crippen LogP contribution in [0.15, 0.2) is 37.1 Å². The summed E-state index contributed by atoms with van der Waals surface area (Å²) in [4.78, 5) is 20.2. The molecule has 0 spiro atoms. The van der Waals surface area contributed by atoms with Gasteiger partial charge < -0.3 is 5.11 Å². The average Bonchev–Trinajstić information content (AvgIpc) is 2.18. The van der Waals surface area contributed by atoms with E-state index in [-0.39, 0.29) is 11.3 Å². The molecule has 0 unspecified atom stereocenters. The van der Waals surface area contributed by atoms with Crippen molar-refractivity contribution in [3.63, 3.8) is 0 Å². The second-order valence-electron chi connectivity index (χ2n) is 2.83. The largest absolute Gasteiger partial charge is 0.477 e. The van der Waals surface area contributed by atoms with Gasteiger partial charge in [-0.05, 0) is 18.6 Å². The first-order valence-corrected chi connectivity index (χ1v) is 4.21. The molecule has 0 amide bonds. The fourth-order valence-electron chi connectivity index (χ4n) is 0.980. The van der Waals surface area contributed by atoms with Crippen LogP contribution >= 0.6 is 0 Å². The molecule has 0 saturated heterocycles. The molecule has 84 valence electrons. The Hall–Kier alpha value is -2.39. The quantitative estimate of drug-likeness (QED) is 0.472. The zero-order valence-corrected chi connectivity index (χ0v) is 8.77. The van der Waals surface area contributed by atoms with Gasteiger partial charge in [0.05, 0.1) is 4.92 Å². The molecule has 1 N–H and O–H groups in total. The molecule has 16 heavy (non-hydrogen) atoms. The summed E-state index contributed by atoms with van der Waals surface area (Å²) in [6.07, 6.45) is 0. The second kappa shape index (κ2) is 6.16. The Morgan fingerprint density at radius 2 is 2.00 bits per heavy atom. The average molecular weight is 221 g/mol. The lowest BCUT2D eigenvalue weighted by Gasteiger charge is -1.98. The first-order chi connectivity index (χ1) is 7.43. The van der Waals surface area contributed by atoms with E-state index in [4.69, 9.17) is 5.11 Å². The third kappa shape index (κ3) is 3.77. The Morgan fingerprint density at radius 1 is 1.50 bits per heavy atom. The smallest absolute Gasteiger partial charge is 0.342 e. The highest BCUT2D eigenvalue weighted by atomic mass is 16.6. The molecule has 5 nitrogen and oxygen atoms in total. The summed E-state index contributed by atoms with van der Waals surface area (Å²) >= 11 is 0. The van der Waals surface area contributed by atoms with E-state index in [0.717, 1.165) is 0 Å². The Balaban J connectivity index is 0.000000673. The molecular formula is C11H11NO4. The number of carbonyl (C=O) groups is 1. The number of carboxylic acids is 1. The van der Waals surface area contributed by atoms with E-state index in [0.29, 0.717) is 5.56 Å². The summed E-state index contributed by atoms with van der Waals surface area (Å²) in [5, 5.41) is 19.0. The Morgan fingerprint density at radius 3 is 2.38 bits per heavy atom. The third-order valence-corrected chi connectivity index (χ3v) is 1.58. The normalized spacial score (nSPS) is 8.31. The maximum absolute atomic E-state index is 10.6. The third-order valence-electron chi connectivity index (χ3n) is 1.58. The van der Waals surface area contributed by atoms with Crippen LogP contribution in [0.25, 0.3) is 0 Å². The minimum Gasteiger partial charge on any atom is -0.477 e. The maximum atomic E-state index is 10.6. The van der Waals surface area contributed by atoms with Gasteiger partial charge in [0, 0.05) is 6.07 Å². The van der Waals surface area contributed by atoms with E-state index >= 15 is 0 Å². The van der Waals surface area contributed by atoms with Crippen molar-refractivity contribution in [2.24, 2.45) is 0 Å². The van der Waals surface area contributed by atoms with Gasteiger partial charge in [0.2, 0.25) is 0 Å². The highest BCUT2D eigenvalue weighted by Gasteiger charge is 2.18. The number of aromatic carboxylic acids is 1. The number of aryl methyl sites for hydroxylation is 1. The molecule has 1 aromatic carbocycles. The van der Waals surface area contributed by atoms with Crippen molar-refractivity contribution in [3.8, 4) is 0 Å². The van der Waals surface area contributed by atoms with Crippen LogP contribution in [0.5, 0.6) is 0 Å². The van der Waals surface area contributed by atoms with Crippen molar-refractivity contribution >= 4 is 11.7 Å². The lowest BCUT2D eigenvalue weighted by Crippen LogP contribution is -2.02. The molecule has 1 rings (SSSR count). The molecule has 0 fully saturated rings. The minimum atomic E-state index is -1.28. The van der Waals surface area contributed by atoms with Crippen LogP contribution in [0.4, 0.5) is 5.69 Å². The first-order valence-electron chi connectivity index (χ1n) is 4.21. The summed E-state index contributed by atoms with van der Waals surface area (Å²) in [5.41, 5.74) is 2.28. The number of nitrogens with zero attached hydrogens (tertiary/aromatic N) is 1. The highest BCUT2D eigenvalue weighted by Crippen LogP contribution is 2.19. The number of hydrogen-bond donors (Lipinski definition) is 1. The Bertz CT molecular complexity index is 445. The van der Waals surface area contributed by atoms with Crippen molar-refractivity contribution in [2.75, 3.05) is 0 Å². The van der Waals surface area contributed by atoms with Crippen LogP contribution in [0.3, 0.4) is 0 Å². The highest BCUT2D eigenvalue weighted by molar-refractivity contribution is 5.92. The van der Waals surface area contributed by atoms with Crippen molar-refractivity contribution in [1.29, 1.82) is 0 Å². The van der Waals surface area contributed by atoms with Crippen molar-refractivity contribution < 1.29 is 14.8 Å². The summed E-state index contributed by atoms with van der Waals surface area (Å²) in [5.74, 6) is -1.28. The Labute approximate surface area is 92.5 Å². The van der Waals surface area contributed by atoms with Gasteiger partial charge in [0.15, 0.2) is 0 Å². The zero-order chi connectivity index (χ0) is 12.7. The molecule has 0 saturated carbocycles. The van der Waals surface area contributed by atoms with E-state index in [1.54, 1.807) is 6.92 Å². The molecule has 0 aliphatic rings. The minimum absolute atomic E-state index is 0.273. The molecule has 0 atom stereocenters. The summed E-state index contributed by atoms with van der Waals surface area (Å²) in [7, 11) is 0. The van der Waals surface area contributed by atoms with Crippen LogP contribution in [-0.2, 0) is 0 Å². The molecule has 0 aromatic heterocycles. The van der Waals surface area contributed by atoms with Gasteiger partial charge in [0.1, 0.15) is 5.56 Å². The molecule has 0 aliphatic heterocycles. The van der Waals surface area contributed by atoms with Crippen LogP contribution in [-0.4, -0.2) is 16.0 Å². The molecule has 1 aromatic rings. The Kier molecular flexibility index (Phi) is 5.24. The van der Waals surface area contributed by atoms with E-state index in [1.807, 2.05) is 0 Å². The van der Waals surface area contributed by atoms with Gasteiger partial charge in [-0.25, -0.2) is 4.79 Å².